The van der Waals surface area contributed by atoms with Crippen LogP contribution in [0.25, 0.3) is 57.1 Å². The number of carbonyl (C=O) groups is 1. The summed E-state index contributed by atoms with van der Waals surface area (Å²) in [5, 5.41) is 12.7. The lowest BCUT2D eigenvalue weighted by Crippen LogP contribution is -2.19. The van der Waals surface area contributed by atoms with Crippen LogP contribution in [0.15, 0.2) is 91.0 Å². The van der Waals surface area contributed by atoms with Gasteiger partial charge in [0.15, 0.2) is 0 Å². The zero-order chi connectivity index (χ0) is 31.9. The van der Waals surface area contributed by atoms with Gasteiger partial charge in [-0.1, -0.05) is 49.4 Å². The molecular weight excluding hydrogens is 572 g/mol. The van der Waals surface area contributed by atoms with Crippen LogP contribution in [0.2, 0.25) is 0 Å². The molecule has 0 amide bonds. The lowest BCUT2D eigenvalue weighted by atomic mass is 9.85. The average molecular weight is 611 g/mol. The number of benzene rings is 2. The van der Waals surface area contributed by atoms with Crippen LogP contribution < -0.4 is 0 Å². The highest BCUT2D eigenvalue weighted by molar-refractivity contribution is 5.86. The van der Waals surface area contributed by atoms with Crippen molar-refractivity contribution in [3.63, 3.8) is 0 Å². The molecule has 0 fully saturated rings. The number of aromatic amines is 2. The Hall–Kier alpha value is -5.27. The van der Waals surface area contributed by atoms with Gasteiger partial charge in [0.05, 0.1) is 35.5 Å². The molecule has 0 saturated heterocycles. The molecule has 2 aromatic carbocycles. The number of rotatable bonds is 7. The summed E-state index contributed by atoms with van der Waals surface area (Å²) < 4.78 is 5.01. The first-order chi connectivity index (χ1) is 22.5. The number of aliphatic hydroxyl groups excluding tert-OH is 1. The molecule has 2 aliphatic heterocycles. The van der Waals surface area contributed by atoms with Gasteiger partial charge in [-0.2, -0.15) is 0 Å². The van der Waals surface area contributed by atoms with Crippen molar-refractivity contribution in [1.82, 2.24) is 19.9 Å². The van der Waals surface area contributed by atoms with Crippen molar-refractivity contribution in [2.45, 2.75) is 45.1 Å². The van der Waals surface area contributed by atoms with Gasteiger partial charge in [-0.15, -0.1) is 0 Å². The second kappa shape index (κ2) is 14.2. The minimum absolute atomic E-state index is 0.0551. The molecule has 7 nitrogen and oxygen atoms in total. The van der Waals surface area contributed by atoms with E-state index in [0.717, 1.165) is 61.2 Å². The molecule has 7 rings (SSSR count). The maximum atomic E-state index is 11.6. The predicted octanol–water partition coefficient (Wildman–Crippen LogP) is 8.69. The molecule has 0 aliphatic carbocycles. The molecule has 3 N–H and O–H groups in total. The van der Waals surface area contributed by atoms with E-state index in [4.69, 9.17) is 4.74 Å². The molecule has 2 unspecified atom stereocenters. The number of carbonyl (C=O) groups excluding carboxylic acids is 1. The van der Waals surface area contributed by atoms with Crippen molar-refractivity contribution in [3.8, 4) is 0 Å². The quantitative estimate of drug-likeness (QED) is 0.157. The fraction of sp³-hybridized carbons (Fsp3) is 0.205. The lowest BCUT2D eigenvalue weighted by molar-refractivity contribution is -0.143. The first-order valence-electron chi connectivity index (χ1n) is 15.8. The van der Waals surface area contributed by atoms with Crippen LogP contribution in [0.3, 0.4) is 0 Å². The van der Waals surface area contributed by atoms with Crippen LogP contribution in [0.5, 0.6) is 0 Å². The minimum Gasteiger partial charge on any atom is -0.466 e. The average Bonchev–Trinajstić information content (AvgIpc) is 3.88. The summed E-state index contributed by atoms with van der Waals surface area (Å²) in [5.41, 5.74) is 8.97. The van der Waals surface area contributed by atoms with Crippen LogP contribution in [-0.4, -0.2) is 43.7 Å². The summed E-state index contributed by atoms with van der Waals surface area (Å²) in [6, 6.07) is 30.7. The van der Waals surface area contributed by atoms with Crippen molar-refractivity contribution in [3.05, 3.63) is 119 Å². The summed E-state index contributed by atoms with van der Waals surface area (Å²) in [4.78, 5) is 27.7. The van der Waals surface area contributed by atoms with E-state index in [1.807, 2.05) is 67.6 Å². The third kappa shape index (κ3) is 7.50. The molecule has 3 aromatic heterocycles. The van der Waals surface area contributed by atoms with Crippen molar-refractivity contribution in [2.75, 3.05) is 6.61 Å². The Bertz CT molecular complexity index is 1980. The van der Waals surface area contributed by atoms with Gasteiger partial charge in [0.2, 0.25) is 0 Å². The number of ether oxygens (including phenoxy) is 1. The molecule has 0 saturated carbocycles. The van der Waals surface area contributed by atoms with Gasteiger partial charge >= 0.3 is 5.97 Å². The third-order valence-electron chi connectivity index (χ3n) is 8.11. The maximum absolute atomic E-state index is 11.6. The Kier molecular flexibility index (Phi) is 9.51. The number of fused-ring (bicyclic) bond motifs is 9. The predicted molar refractivity (Wildman–Crippen MR) is 188 cm³/mol. The molecular formula is C39H38N4O3. The molecule has 232 valence electrons. The highest BCUT2D eigenvalue weighted by Crippen LogP contribution is 2.32. The largest absolute Gasteiger partial charge is 0.466 e. The van der Waals surface area contributed by atoms with Gasteiger partial charge in [0, 0.05) is 34.4 Å². The van der Waals surface area contributed by atoms with E-state index in [1.165, 1.54) is 0 Å². The van der Waals surface area contributed by atoms with Gasteiger partial charge in [-0.3, -0.25) is 4.79 Å². The normalized spacial score (nSPS) is 13.2. The van der Waals surface area contributed by atoms with Crippen LogP contribution in [0.1, 0.15) is 67.4 Å². The van der Waals surface area contributed by atoms with Crippen LogP contribution >= 0.6 is 0 Å². The van der Waals surface area contributed by atoms with E-state index in [1.54, 1.807) is 6.92 Å². The second-order valence-electron chi connectivity index (χ2n) is 11.4. The number of aliphatic hydroxyl groups is 1. The van der Waals surface area contributed by atoms with E-state index in [9.17, 15) is 9.90 Å². The number of hydrogen-bond donors (Lipinski definition) is 3. The zero-order valence-electron chi connectivity index (χ0n) is 26.1. The molecule has 0 spiro atoms. The van der Waals surface area contributed by atoms with Gasteiger partial charge < -0.3 is 19.8 Å². The lowest BCUT2D eigenvalue weighted by Gasteiger charge is -2.23. The fourth-order valence-electron chi connectivity index (χ4n) is 5.86. The summed E-state index contributed by atoms with van der Waals surface area (Å²) in [6.07, 6.45) is 9.18. The second-order valence-corrected chi connectivity index (χ2v) is 11.4. The Morgan fingerprint density at radius 1 is 0.717 bits per heavy atom. The highest BCUT2D eigenvalue weighted by Gasteiger charge is 2.23. The minimum atomic E-state index is -0.458. The molecule has 46 heavy (non-hydrogen) atoms. The first kappa shape index (κ1) is 30.7. The Labute approximate surface area is 268 Å². The number of H-pyrrole nitrogens is 2. The van der Waals surface area contributed by atoms with Crippen molar-refractivity contribution in [1.29, 1.82) is 0 Å². The molecule has 7 heteroatoms. The molecule has 0 radical (unpaired) electrons. The number of nitrogens with one attached hydrogen (secondary N) is 2. The molecule has 5 aromatic rings. The first-order valence-corrected chi connectivity index (χ1v) is 15.8. The van der Waals surface area contributed by atoms with Gasteiger partial charge in [-0.05, 0) is 109 Å². The zero-order valence-corrected chi connectivity index (χ0v) is 26.1. The summed E-state index contributed by atoms with van der Waals surface area (Å²) >= 11 is 0. The third-order valence-corrected chi connectivity index (χ3v) is 8.11. The van der Waals surface area contributed by atoms with Crippen molar-refractivity contribution in [2.24, 2.45) is 0 Å². The number of aromatic nitrogens is 4. The van der Waals surface area contributed by atoms with E-state index in [-0.39, 0.29) is 11.9 Å². The highest BCUT2D eigenvalue weighted by atomic mass is 16.5. The fourth-order valence-corrected chi connectivity index (χ4v) is 5.86. The Morgan fingerprint density at radius 3 is 1.85 bits per heavy atom. The number of hydrogen-bond acceptors (Lipinski definition) is 5. The van der Waals surface area contributed by atoms with Gasteiger partial charge in [-0.25, -0.2) is 9.97 Å². The summed E-state index contributed by atoms with van der Waals surface area (Å²) in [5.74, 6) is -0.253. The van der Waals surface area contributed by atoms with Crippen LogP contribution in [0, 0.1) is 0 Å². The van der Waals surface area contributed by atoms with Crippen molar-refractivity contribution < 1.29 is 14.6 Å². The van der Waals surface area contributed by atoms with E-state index >= 15 is 0 Å². The smallest absolute Gasteiger partial charge is 0.305 e. The number of esters is 1. The Balaban J connectivity index is 0.000000163. The van der Waals surface area contributed by atoms with Gasteiger partial charge in [0.25, 0.3) is 0 Å². The van der Waals surface area contributed by atoms with Crippen LogP contribution in [-0.2, 0) is 9.53 Å². The monoisotopic (exact) mass is 610 g/mol. The molecule has 8 bridgehead atoms. The molecule has 2 aliphatic rings. The van der Waals surface area contributed by atoms with E-state index < -0.39 is 6.10 Å². The van der Waals surface area contributed by atoms with E-state index in [2.05, 4.69) is 74.5 Å². The topological polar surface area (TPSA) is 104 Å². The standard InChI is InChI=1S/C20H14N4.C19H24O3/c1-2-14-10-16-5-6-18(23-16)12-20-8-7-19(24-20)11-17-4-3-15(22-17)9-13(1)21-14;1-3-18(20)17(12-13-19(21)22-4-2)16-11-7-9-14-8-5-6-10-15(14)16/h1-12,21-22H;5-11,17-18,20H,3-4,12-13H2,1-2H3. The van der Waals surface area contributed by atoms with E-state index in [0.29, 0.717) is 25.9 Å². The number of nitrogens with zero attached hydrogens (tertiary/aromatic N) is 2. The SMILES string of the molecule is C1=Cc2cc3ccc(cc4ccc(cc5nc(cc1n2)C=C5)[nH]4)[nH]3.CCOC(=O)CCC(c1cccc2ccccc12)C(O)CC. The van der Waals surface area contributed by atoms with Crippen LogP contribution in [0.4, 0.5) is 0 Å². The van der Waals surface area contributed by atoms with Crippen molar-refractivity contribution >= 4 is 63.1 Å². The van der Waals surface area contributed by atoms with Gasteiger partial charge in [0.1, 0.15) is 0 Å². The molecule has 2 atom stereocenters. The molecule has 5 heterocycles. The summed E-state index contributed by atoms with van der Waals surface area (Å²) in [6.45, 7) is 4.17. The maximum Gasteiger partial charge on any atom is 0.305 e. The Morgan fingerprint density at radius 2 is 1.26 bits per heavy atom. The summed E-state index contributed by atoms with van der Waals surface area (Å²) in [7, 11) is 0.